The van der Waals surface area contributed by atoms with Gasteiger partial charge in [0, 0.05) is 12.0 Å². The second kappa shape index (κ2) is 7.93. The summed E-state index contributed by atoms with van der Waals surface area (Å²) in [5.41, 5.74) is 4.18. The lowest BCUT2D eigenvalue weighted by atomic mass is 9.78. The largest absolute Gasteiger partial charge is 0.303 e. The van der Waals surface area contributed by atoms with Crippen LogP contribution in [-0.4, -0.2) is 30.3 Å². The highest BCUT2D eigenvalue weighted by Gasteiger charge is 2.37. The molecule has 0 bridgehead atoms. The summed E-state index contributed by atoms with van der Waals surface area (Å²) in [5.74, 6) is -0.174. The van der Waals surface area contributed by atoms with Crippen molar-refractivity contribution in [1.29, 1.82) is 0 Å². The Hall–Kier alpha value is -2.00. The van der Waals surface area contributed by atoms with E-state index in [1.807, 2.05) is 0 Å². The SMILES string of the molecule is O=C(CCCN1CCCC2(CC1)Cc1ccccc1C2)c1ccc(F)cc1. The van der Waals surface area contributed by atoms with Gasteiger partial charge in [-0.2, -0.15) is 0 Å². The molecule has 27 heavy (non-hydrogen) atoms. The fourth-order valence-electron chi connectivity index (χ4n) is 4.90. The zero-order valence-corrected chi connectivity index (χ0v) is 15.9. The van der Waals surface area contributed by atoms with Gasteiger partial charge in [-0.25, -0.2) is 4.39 Å². The molecule has 0 atom stereocenters. The van der Waals surface area contributed by atoms with E-state index in [4.69, 9.17) is 0 Å². The number of hydrogen-bond acceptors (Lipinski definition) is 2. The Morgan fingerprint density at radius 1 is 0.963 bits per heavy atom. The second-order valence-electron chi connectivity index (χ2n) is 8.35. The maximum atomic E-state index is 13.0. The van der Waals surface area contributed by atoms with Crippen molar-refractivity contribution >= 4 is 5.78 Å². The lowest BCUT2D eigenvalue weighted by Crippen LogP contribution is -2.28. The summed E-state index contributed by atoms with van der Waals surface area (Å²) >= 11 is 0. The van der Waals surface area contributed by atoms with Gasteiger partial charge in [0.15, 0.2) is 5.78 Å². The van der Waals surface area contributed by atoms with Gasteiger partial charge in [0.05, 0.1) is 0 Å². The number of rotatable bonds is 5. The fraction of sp³-hybridized carbons (Fsp3) is 0.458. The summed E-state index contributed by atoms with van der Waals surface area (Å²) in [6.45, 7) is 3.26. The van der Waals surface area contributed by atoms with Gasteiger partial charge in [0.1, 0.15) is 5.82 Å². The van der Waals surface area contributed by atoms with Crippen molar-refractivity contribution in [3.63, 3.8) is 0 Å². The molecule has 2 nitrogen and oxygen atoms in total. The van der Waals surface area contributed by atoms with Crippen LogP contribution in [0.2, 0.25) is 0 Å². The molecule has 0 saturated carbocycles. The third-order valence-electron chi connectivity index (χ3n) is 6.43. The van der Waals surface area contributed by atoms with Crippen LogP contribution in [0.15, 0.2) is 48.5 Å². The van der Waals surface area contributed by atoms with Gasteiger partial charge in [0.2, 0.25) is 0 Å². The number of Topliss-reactive ketones (excluding diaryl/α,β-unsaturated/α-hetero) is 1. The molecule has 1 aliphatic carbocycles. The first-order valence-electron chi connectivity index (χ1n) is 10.2. The number of benzene rings is 2. The lowest BCUT2D eigenvalue weighted by molar-refractivity contribution is 0.0974. The Labute approximate surface area is 161 Å². The third kappa shape index (κ3) is 4.30. The van der Waals surface area contributed by atoms with Gasteiger partial charge in [-0.3, -0.25) is 4.79 Å². The van der Waals surface area contributed by atoms with Gasteiger partial charge in [-0.05, 0) is 99.0 Å². The summed E-state index contributed by atoms with van der Waals surface area (Å²) < 4.78 is 13.0. The average molecular weight is 365 g/mol. The van der Waals surface area contributed by atoms with Crippen LogP contribution in [0.5, 0.6) is 0 Å². The van der Waals surface area contributed by atoms with E-state index >= 15 is 0 Å². The Morgan fingerprint density at radius 3 is 2.37 bits per heavy atom. The minimum atomic E-state index is -0.292. The van der Waals surface area contributed by atoms with Crippen molar-refractivity contribution in [2.24, 2.45) is 5.41 Å². The molecule has 1 spiro atoms. The van der Waals surface area contributed by atoms with Crippen LogP contribution in [-0.2, 0) is 12.8 Å². The van der Waals surface area contributed by atoms with Gasteiger partial charge >= 0.3 is 0 Å². The van der Waals surface area contributed by atoms with E-state index in [0.717, 1.165) is 26.1 Å². The molecule has 0 aromatic heterocycles. The van der Waals surface area contributed by atoms with Crippen LogP contribution in [0.1, 0.15) is 53.6 Å². The number of fused-ring (bicyclic) bond motifs is 1. The van der Waals surface area contributed by atoms with E-state index in [9.17, 15) is 9.18 Å². The summed E-state index contributed by atoms with van der Waals surface area (Å²) in [5, 5.41) is 0. The quantitative estimate of drug-likeness (QED) is 0.690. The van der Waals surface area contributed by atoms with E-state index in [-0.39, 0.29) is 11.6 Å². The van der Waals surface area contributed by atoms with E-state index in [0.29, 0.717) is 17.4 Å². The van der Waals surface area contributed by atoms with Crippen molar-refractivity contribution < 1.29 is 9.18 Å². The first-order chi connectivity index (χ1) is 13.1. The van der Waals surface area contributed by atoms with Crippen LogP contribution < -0.4 is 0 Å². The normalized spacial score (nSPS) is 19.0. The second-order valence-corrected chi connectivity index (χ2v) is 8.35. The van der Waals surface area contributed by atoms with E-state index in [2.05, 4.69) is 29.2 Å². The molecule has 3 heteroatoms. The number of ketones is 1. The average Bonchev–Trinajstić information content (AvgIpc) is 2.93. The molecule has 2 aromatic rings. The molecule has 1 heterocycles. The maximum Gasteiger partial charge on any atom is 0.162 e. The third-order valence-corrected chi connectivity index (χ3v) is 6.43. The van der Waals surface area contributed by atoms with Crippen molar-refractivity contribution in [1.82, 2.24) is 4.90 Å². The zero-order valence-electron chi connectivity index (χ0n) is 15.9. The van der Waals surface area contributed by atoms with Gasteiger partial charge in [0.25, 0.3) is 0 Å². The van der Waals surface area contributed by atoms with Crippen molar-refractivity contribution in [3.8, 4) is 0 Å². The summed E-state index contributed by atoms with van der Waals surface area (Å²) in [7, 11) is 0. The smallest absolute Gasteiger partial charge is 0.162 e. The van der Waals surface area contributed by atoms with E-state index in [1.165, 1.54) is 44.2 Å². The zero-order chi connectivity index (χ0) is 18.7. The molecule has 2 aliphatic rings. The standard InChI is InChI=1S/C24H28FNO/c25-22-10-8-19(9-11-22)23(27)7-3-14-26-15-4-12-24(13-16-26)17-20-5-1-2-6-21(20)18-24/h1-2,5-6,8-11H,3-4,7,12-18H2. The monoisotopic (exact) mass is 365 g/mol. The van der Waals surface area contributed by atoms with Gasteiger partial charge < -0.3 is 4.90 Å². The number of hydrogen-bond donors (Lipinski definition) is 0. The Balaban J connectivity index is 1.26. The molecule has 1 saturated heterocycles. The van der Waals surface area contributed by atoms with Gasteiger partial charge in [-0.15, -0.1) is 0 Å². The van der Waals surface area contributed by atoms with Crippen LogP contribution in [0, 0.1) is 11.2 Å². The number of nitrogens with zero attached hydrogens (tertiary/aromatic N) is 1. The number of halogens is 1. The van der Waals surface area contributed by atoms with E-state index in [1.54, 1.807) is 23.3 Å². The Morgan fingerprint density at radius 2 is 1.67 bits per heavy atom. The van der Waals surface area contributed by atoms with Gasteiger partial charge in [-0.1, -0.05) is 24.3 Å². The minimum absolute atomic E-state index is 0.118. The molecule has 0 amide bonds. The Kier molecular flexibility index (Phi) is 5.40. The molecule has 0 unspecified atom stereocenters. The molecule has 1 fully saturated rings. The summed E-state index contributed by atoms with van der Waals surface area (Å²) in [6, 6.07) is 14.8. The van der Waals surface area contributed by atoms with E-state index < -0.39 is 0 Å². The maximum absolute atomic E-state index is 13.0. The highest BCUT2D eigenvalue weighted by molar-refractivity contribution is 5.95. The van der Waals surface area contributed by atoms with Crippen molar-refractivity contribution in [2.45, 2.75) is 44.9 Å². The molecule has 1 aliphatic heterocycles. The first-order valence-corrected chi connectivity index (χ1v) is 10.2. The highest BCUT2D eigenvalue weighted by atomic mass is 19.1. The molecule has 0 N–H and O–H groups in total. The predicted molar refractivity (Wildman–Crippen MR) is 107 cm³/mol. The van der Waals surface area contributed by atoms with Crippen LogP contribution in [0.3, 0.4) is 0 Å². The predicted octanol–water partition coefficient (Wildman–Crippen LogP) is 5.06. The van der Waals surface area contributed by atoms with Crippen molar-refractivity contribution in [3.05, 3.63) is 71.0 Å². The van der Waals surface area contributed by atoms with Crippen LogP contribution >= 0.6 is 0 Å². The number of likely N-dealkylation sites (tertiary alicyclic amines) is 1. The fourth-order valence-corrected chi connectivity index (χ4v) is 4.90. The highest BCUT2D eigenvalue weighted by Crippen LogP contribution is 2.44. The topological polar surface area (TPSA) is 20.3 Å². The molecular formula is C24H28FNO. The van der Waals surface area contributed by atoms with Crippen LogP contribution in [0.25, 0.3) is 0 Å². The molecule has 0 radical (unpaired) electrons. The lowest BCUT2D eigenvalue weighted by Gasteiger charge is -2.27. The summed E-state index contributed by atoms with van der Waals surface area (Å²) in [4.78, 5) is 14.8. The minimum Gasteiger partial charge on any atom is -0.303 e. The molecule has 4 rings (SSSR count). The number of carbonyl (C=O) groups excluding carboxylic acids is 1. The first kappa shape index (κ1) is 18.4. The van der Waals surface area contributed by atoms with Crippen LogP contribution in [0.4, 0.5) is 4.39 Å². The number of carbonyl (C=O) groups is 1. The van der Waals surface area contributed by atoms with Crippen molar-refractivity contribution in [2.75, 3.05) is 19.6 Å². The Bertz CT molecular complexity index is 773. The molecular weight excluding hydrogens is 337 g/mol. The molecule has 142 valence electrons. The molecule has 2 aromatic carbocycles. The summed E-state index contributed by atoms with van der Waals surface area (Å²) in [6.07, 6.45) is 7.71.